The predicted octanol–water partition coefficient (Wildman–Crippen LogP) is 2.25. The van der Waals surface area contributed by atoms with E-state index >= 15 is 0 Å². The van der Waals surface area contributed by atoms with Crippen LogP contribution >= 0.6 is 0 Å². The number of rotatable bonds is 7. The molecule has 0 bridgehead atoms. The fourth-order valence-corrected chi connectivity index (χ4v) is 3.39. The predicted molar refractivity (Wildman–Crippen MR) is 91.1 cm³/mol. The van der Waals surface area contributed by atoms with Crippen molar-refractivity contribution in [3.05, 3.63) is 17.5 Å². The molecule has 3 rings (SSSR count). The van der Waals surface area contributed by atoms with Crippen LogP contribution in [0.25, 0.3) is 0 Å². The molecule has 1 amide bonds. The fourth-order valence-electron chi connectivity index (χ4n) is 3.39. The molecule has 1 aliphatic heterocycles. The summed E-state index contributed by atoms with van der Waals surface area (Å²) < 4.78 is 7.41. The monoisotopic (exact) mass is 335 g/mol. The molecule has 6 heteroatoms. The number of aromatic nitrogens is 2. The molecule has 2 heterocycles. The molecule has 0 aromatic carbocycles. The van der Waals surface area contributed by atoms with Gasteiger partial charge in [0, 0.05) is 37.1 Å². The number of aliphatic hydroxyl groups excluding tert-OH is 1. The summed E-state index contributed by atoms with van der Waals surface area (Å²) in [4.78, 5) is 12.7. The second-order valence-electron chi connectivity index (χ2n) is 7.37. The Morgan fingerprint density at radius 1 is 1.50 bits per heavy atom. The molecule has 2 N–H and O–H groups in total. The van der Waals surface area contributed by atoms with Crippen molar-refractivity contribution in [3.63, 3.8) is 0 Å². The van der Waals surface area contributed by atoms with Gasteiger partial charge in [0.25, 0.3) is 5.91 Å². The minimum absolute atomic E-state index is 0.0641. The van der Waals surface area contributed by atoms with Gasteiger partial charge in [0.05, 0.1) is 24.1 Å². The van der Waals surface area contributed by atoms with Gasteiger partial charge < -0.3 is 15.2 Å². The van der Waals surface area contributed by atoms with Gasteiger partial charge in [-0.2, -0.15) is 5.10 Å². The number of carbonyl (C=O) groups is 1. The van der Waals surface area contributed by atoms with Gasteiger partial charge in [0.1, 0.15) is 0 Å². The van der Waals surface area contributed by atoms with Gasteiger partial charge in [-0.1, -0.05) is 6.92 Å². The van der Waals surface area contributed by atoms with Crippen LogP contribution in [-0.2, 0) is 4.74 Å². The number of aliphatic hydroxyl groups is 1. The van der Waals surface area contributed by atoms with Gasteiger partial charge in [-0.25, -0.2) is 0 Å². The SMILES string of the molecule is CCC(C)n1ncc(C(=O)NCC2(CO)CCOCC2)c1C1CC1. The van der Waals surface area contributed by atoms with E-state index in [0.717, 1.165) is 37.8 Å². The molecule has 6 nitrogen and oxygen atoms in total. The highest BCUT2D eigenvalue weighted by Crippen LogP contribution is 2.42. The summed E-state index contributed by atoms with van der Waals surface area (Å²) in [6.07, 6.45) is 6.55. The van der Waals surface area contributed by atoms with Crippen LogP contribution < -0.4 is 5.32 Å². The van der Waals surface area contributed by atoms with Crippen molar-refractivity contribution in [2.24, 2.45) is 5.41 Å². The van der Waals surface area contributed by atoms with E-state index in [9.17, 15) is 9.90 Å². The number of amides is 1. The van der Waals surface area contributed by atoms with Gasteiger partial charge in [0.15, 0.2) is 0 Å². The third-order valence-corrected chi connectivity index (χ3v) is 5.56. The van der Waals surface area contributed by atoms with Crippen molar-refractivity contribution in [3.8, 4) is 0 Å². The number of carbonyl (C=O) groups excluding carboxylic acids is 1. The van der Waals surface area contributed by atoms with E-state index in [-0.39, 0.29) is 17.9 Å². The summed E-state index contributed by atoms with van der Waals surface area (Å²) in [5, 5.41) is 17.3. The van der Waals surface area contributed by atoms with Crippen LogP contribution in [0.3, 0.4) is 0 Å². The minimum Gasteiger partial charge on any atom is -0.396 e. The molecule has 1 aromatic heterocycles. The Bertz CT molecular complexity index is 574. The van der Waals surface area contributed by atoms with Gasteiger partial charge in [0.2, 0.25) is 0 Å². The third kappa shape index (κ3) is 3.49. The molecule has 0 radical (unpaired) electrons. The zero-order valence-electron chi connectivity index (χ0n) is 14.8. The van der Waals surface area contributed by atoms with E-state index in [0.29, 0.717) is 37.3 Å². The fraction of sp³-hybridized carbons (Fsp3) is 0.778. The molecule has 24 heavy (non-hydrogen) atoms. The van der Waals surface area contributed by atoms with Gasteiger partial charge >= 0.3 is 0 Å². The summed E-state index contributed by atoms with van der Waals surface area (Å²) in [6.45, 7) is 6.15. The zero-order chi connectivity index (χ0) is 17.2. The molecule has 1 unspecified atom stereocenters. The van der Waals surface area contributed by atoms with Crippen molar-refractivity contribution in [2.45, 2.75) is 57.9 Å². The Hall–Kier alpha value is -1.40. The highest BCUT2D eigenvalue weighted by Gasteiger charge is 2.35. The number of hydrogen-bond acceptors (Lipinski definition) is 4. The second-order valence-corrected chi connectivity index (χ2v) is 7.37. The van der Waals surface area contributed by atoms with Crippen LogP contribution in [0.1, 0.15) is 74.0 Å². The molecule has 134 valence electrons. The van der Waals surface area contributed by atoms with Crippen LogP contribution in [0.2, 0.25) is 0 Å². The van der Waals surface area contributed by atoms with E-state index in [2.05, 4.69) is 24.3 Å². The molecular weight excluding hydrogens is 306 g/mol. The standard InChI is InChI=1S/C18H29N3O3/c1-3-13(2)21-16(14-4-5-14)15(10-20-21)17(23)19-11-18(12-22)6-8-24-9-7-18/h10,13-14,22H,3-9,11-12H2,1-2H3,(H,19,23). The lowest BCUT2D eigenvalue weighted by Crippen LogP contribution is -2.43. The van der Waals surface area contributed by atoms with Crippen LogP contribution in [0.15, 0.2) is 6.20 Å². The average molecular weight is 335 g/mol. The first kappa shape index (κ1) is 17.4. The Labute approximate surface area is 143 Å². The van der Waals surface area contributed by atoms with E-state index in [1.807, 2.05) is 4.68 Å². The highest BCUT2D eigenvalue weighted by molar-refractivity contribution is 5.95. The first-order valence-corrected chi connectivity index (χ1v) is 9.14. The van der Waals surface area contributed by atoms with Crippen LogP contribution in [0.4, 0.5) is 0 Å². The zero-order valence-corrected chi connectivity index (χ0v) is 14.8. The minimum atomic E-state index is -0.250. The van der Waals surface area contributed by atoms with Crippen molar-refractivity contribution in [1.29, 1.82) is 0 Å². The number of nitrogens with one attached hydrogen (secondary N) is 1. The van der Waals surface area contributed by atoms with Crippen LogP contribution in [0, 0.1) is 5.41 Å². The molecule has 0 spiro atoms. The molecule has 1 aromatic rings. The van der Waals surface area contributed by atoms with E-state index < -0.39 is 0 Å². The third-order valence-electron chi connectivity index (χ3n) is 5.56. The summed E-state index contributed by atoms with van der Waals surface area (Å²) in [5.74, 6) is 0.405. The maximum Gasteiger partial charge on any atom is 0.254 e. The Balaban J connectivity index is 1.72. The first-order chi connectivity index (χ1) is 11.6. The lowest BCUT2D eigenvalue weighted by molar-refractivity contribution is -0.0146. The van der Waals surface area contributed by atoms with Crippen molar-refractivity contribution < 1.29 is 14.6 Å². The largest absolute Gasteiger partial charge is 0.396 e. The average Bonchev–Trinajstić information content (AvgIpc) is 3.37. The van der Waals surface area contributed by atoms with Crippen molar-refractivity contribution >= 4 is 5.91 Å². The summed E-state index contributed by atoms with van der Waals surface area (Å²) >= 11 is 0. The van der Waals surface area contributed by atoms with Gasteiger partial charge in [-0.05, 0) is 39.0 Å². The lowest BCUT2D eigenvalue weighted by atomic mass is 9.81. The number of nitrogens with zero attached hydrogens (tertiary/aromatic N) is 2. The van der Waals surface area contributed by atoms with Crippen molar-refractivity contribution in [1.82, 2.24) is 15.1 Å². The maximum atomic E-state index is 12.7. The molecular formula is C18H29N3O3. The van der Waals surface area contributed by atoms with Crippen molar-refractivity contribution in [2.75, 3.05) is 26.4 Å². The molecule has 1 saturated heterocycles. The summed E-state index contributed by atoms with van der Waals surface area (Å²) in [5.41, 5.74) is 1.55. The number of ether oxygens (including phenoxy) is 1. The smallest absolute Gasteiger partial charge is 0.254 e. The van der Waals surface area contributed by atoms with Gasteiger partial charge in [-0.3, -0.25) is 9.48 Å². The normalized spacial score (nSPS) is 21.5. The highest BCUT2D eigenvalue weighted by atomic mass is 16.5. The second kappa shape index (κ2) is 7.23. The van der Waals surface area contributed by atoms with Gasteiger partial charge in [-0.15, -0.1) is 0 Å². The summed E-state index contributed by atoms with van der Waals surface area (Å²) in [6, 6.07) is 0.307. The van der Waals surface area contributed by atoms with E-state index in [4.69, 9.17) is 4.74 Å². The van der Waals surface area contributed by atoms with Crippen LogP contribution in [-0.4, -0.2) is 47.2 Å². The van der Waals surface area contributed by atoms with E-state index in [1.165, 1.54) is 0 Å². The summed E-state index contributed by atoms with van der Waals surface area (Å²) in [7, 11) is 0. The topological polar surface area (TPSA) is 76.4 Å². The Morgan fingerprint density at radius 2 is 2.21 bits per heavy atom. The van der Waals surface area contributed by atoms with Crippen LogP contribution in [0.5, 0.6) is 0 Å². The number of hydrogen-bond donors (Lipinski definition) is 2. The molecule has 1 saturated carbocycles. The van der Waals surface area contributed by atoms with E-state index in [1.54, 1.807) is 6.20 Å². The molecule has 2 fully saturated rings. The quantitative estimate of drug-likeness (QED) is 0.801. The molecule has 1 aliphatic carbocycles. The Kier molecular flexibility index (Phi) is 5.25. The molecule has 2 aliphatic rings. The maximum absolute atomic E-state index is 12.7. The molecule has 1 atom stereocenters. The lowest BCUT2D eigenvalue weighted by Gasteiger charge is -2.35. The first-order valence-electron chi connectivity index (χ1n) is 9.14. The Morgan fingerprint density at radius 3 is 2.79 bits per heavy atom.